The van der Waals surface area contributed by atoms with Crippen molar-refractivity contribution in [3.8, 4) is 5.75 Å². The summed E-state index contributed by atoms with van der Waals surface area (Å²) in [6, 6.07) is 6.83. The first-order valence-corrected chi connectivity index (χ1v) is 8.45. The van der Waals surface area contributed by atoms with Crippen LogP contribution in [-0.4, -0.2) is 42.8 Å². The van der Waals surface area contributed by atoms with Crippen LogP contribution in [0.5, 0.6) is 5.75 Å². The number of benzene rings is 1. The quantitative estimate of drug-likeness (QED) is 0.724. The molecule has 1 fully saturated rings. The fourth-order valence-electron chi connectivity index (χ4n) is 2.65. The van der Waals surface area contributed by atoms with Gasteiger partial charge in [-0.25, -0.2) is 0 Å². The molecule has 6 heteroatoms. The highest BCUT2D eigenvalue weighted by atomic mass is 16.5. The minimum absolute atomic E-state index is 0.138. The Morgan fingerprint density at radius 3 is 2.71 bits per heavy atom. The van der Waals surface area contributed by atoms with Gasteiger partial charge in [0.25, 0.3) is 5.91 Å². The minimum atomic E-state index is -0.880. The molecule has 2 unspecified atom stereocenters. The van der Waals surface area contributed by atoms with Crippen LogP contribution in [0, 0.1) is 5.92 Å². The lowest BCUT2D eigenvalue weighted by Gasteiger charge is -2.13. The summed E-state index contributed by atoms with van der Waals surface area (Å²) in [5, 5.41) is 11.8. The molecule has 132 valence electrons. The number of hydrogen-bond donors (Lipinski definition) is 2. The van der Waals surface area contributed by atoms with Gasteiger partial charge in [0.15, 0.2) is 0 Å². The van der Waals surface area contributed by atoms with E-state index in [1.807, 2.05) is 6.92 Å². The third-order valence-corrected chi connectivity index (χ3v) is 4.07. The largest absolute Gasteiger partial charge is 0.491 e. The molecule has 2 N–H and O–H groups in total. The first-order chi connectivity index (χ1) is 11.6. The van der Waals surface area contributed by atoms with Crippen LogP contribution in [0.1, 0.15) is 43.0 Å². The predicted molar refractivity (Wildman–Crippen MR) is 89.3 cm³/mol. The number of carboxylic acid groups (broad SMARTS) is 1. The number of aliphatic carboxylic acids is 1. The molecule has 24 heavy (non-hydrogen) atoms. The number of hydrogen-bond acceptors (Lipinski definition) is 4. The maximum absolute atomic E-state index is 12.1. The van der Waals surface area contributed by atoms with Crippen LogP contribution in [0.25, 0.3) is 0 Å². The molecular weight excluding hydrogens is 310 g/mol. The average molecular weight is 335 g/mol. The first-order valence-electron chi connectivity index (χ1n) is 8.45. The Morgan fingerprint density at radius 2 is 2.12 bits per heavy atom. The van der Waals surface area contributed by atoms with Gasteiger partial charge in [-0.15, -0.1) is 0 Å². The number of rotatable bonds is 9. The van der Waals surface area contributed by atoms with E-state index in [-0.39, 0.29) is 18.6 Å². The molecule has 0 saturated carbocycles. The van der Waals surface area contributed by atoms with Gasteiger partial charge in [-0.1, -0.05) is 13.3 Å². The maximum atomic E-state index is 12.1. The highest BCUT2D eigenvalue weighted by molar-refractivity contribution is 5.94. The van der Waals surface area contributed by atoms with Gasteiger partial charge in [-0.2, -0.15) is 0 Å². The zero-order valence-corrected chi connectivity index (χ0v) is 14.0. The number of carbonyl (C=O) groups excluding carboxylic acids is 1. The summed E-state index contributed by atoms with van der Waals surface area (Å²) in [5.41, 5.74) is 0.486. The van der Waals surface area contributed by atoms with Gasteiger partial charge in [0.05, 0.1) is 12.0 Å². The molecule has 0 bridgehead atoms. The molecular formula is C18H25NO5. The molecule has 1 amide bonds. The van der Waals surface area contributed by atoms with Crippen LogP contribution in [0.3, 0.4) is 0 Å². The van der Waals surface area contributed by atoms with Crippen molar-refractivity contribution < 1.29 is 24.2 Å². The van der Waals surface area contributed by atoms with Gasteiger partial charge in [0.1, 0.15) is 12.4 Å². The van der Waals surface area contributed by atoms with Crippen LogP contribution in [-0.2, 0) is 9.53 Å². The van der Waals surface area contributed by atoms with Crippen molar-refractivity contribution in [3.63, 3.8) is 0 Å². The molecule has 0 aliphatic carbocycles. The van der Waals surface area contributed by atoms with Crippen molar-refractivity contribution in [1.82, 2.24) is 5.32 Å². The van der Waals surface area contributed by atoms with Crippen LogP contribution < -0.4 is 10.1 Å². The van der Waals surface area contributed by atoms with E-state index in [1.165, 1.54) is 0 Å². The van der Waals surface area contributed by atoms with E-state index in [4.69, 9.17) is 14.6 Å². The third kappa shape index (κ3) is 5.53. The molecule has 2 atom stereocenters. The molecule has 1 aliphatic heterocycles. The number of carbonyl (C=O) groups is 2. The lowest BCUT2D eigenvalue weighted by molar-refractivity contribution is -0.141. The molecule has 1 aromatic carbocycles. The Hall–Kier alpha value is -2.08. The fourth-order valence-corrected chi connectivity index (χ4v) is 2.65. The van der Waals surface area contributed by atoms with Gasteiger partial charge in [0, 0.05) is 18.7 Å². The zero-order valence-electron chi connectivity index (χ0n) is 14.0. The summed E-state index contributed by atoms with van der Waals surface area (Å²) < 4.78 is 11.1. The Bertz CT molecular complexity index is 537. The Balaban J connectivity index is 1.80. The molecule has 6 nitrogen and oxygen atoms in total. The highest BCUT2D eigenvalue weighted by Crippen LogP contribution is 2.16. The van der Waals surface area contributed by atoms with Crippen molar-refractivity contribution in [2.24, 2.45) is 5.92 Å². The van der Waals surface area contributed by atoms with Crippen LogP contribution in [0.4, 0.5) is 0 Å². The maximum Gasteiger partial charge on any atom is 0.308 e. The molecule has 1 heterocycles. The van der Waals surface area contributed by atoms with E-state index in [2.05, 4.69) is 5.32 Å². The predicted octanol–water partition coefficient (Wildman–Crippen LogP) is 2.48. The Kier molecular flexibility index (Phi) is 7.06. The second-order valence-electron chi connectivity index (χ2n) is 6.00. The summed E-state index contributed by atoms with van der Waals surface area (Å²) in [6.07, 6.45) is 3.56. The Morgan fingerprint density at radius 1 is 1.38 bits per heavy atom. The minimum Gasteiger partial charge on any atom is -0.491 e. The topological polar surface area (TPSA) is 84.9 Å². The highest BCUT2D eigenvalue weighted by Gasteiger charge is 2.18. The molecule has 1 aromatic rings. The van der Waals surface area contributed by atoms with Gasteiger partial charge >= 0.3 is 5.97 Å². The van der Waals surface area contributed by atoms with Crippen molar-refractivity contribution in [3.05, 3.63) is 29.8 Å². The van der Waals surface area contributed by atoms with Crippen molar-refractivity contribution in [2.75, 3.05) is 19.8 Å². The first kappa shape index (κ1) is 18.3. The third-order valence-electron chi connectivity index (χ3n) is 4.07. The van der Waals surface area contributed by atoms with Gasteiger partial charge in [0.2, 0.25) is 0 Å². The zero-order chi connectivity index (χ0) is 17.4. The molecule has 1 saturated heterocycles. The molecule has 0 radical (unpaired) electrons. The lowest BCUT2D eigenvalue weighted by Crippen LogP contribution is -2.32. The fraction of sp³-hybridized carbons (Fsp3) is 0.556. The van der Waals surface area contributed by atoms with Crippen molar-refractivity contribution in [1.29, 1.82) is 0 Å². The summed E-state index contributed by atoms with van der Waals surface area (Å²) in [7, 11) is 0. The van der Waals surface area contributed by atoms with Crippen molar-refractivity contribution >= 4 is 11.9 Å². The lowest BCUT2D eigenvalue weighted by atomic mass is 10.0. The van der Waals surface area contributed by atoms with E-state index in [0.29, 0.717) is 24.3 Å². The summed E-state index contributed by atoms with van der Waals surface area (Å²) >= 11 is 0. The monoisotopic (exact) mass is 335 g/mol. The van der Waals surface area contributed by atoms with Gasteiger partial charge < -0.3 is 19.9 Å². The van der Waals surface area contributed by atoms with Crippen LogP contribution >= 0.6 is 0 Å². The SMILES string of the molecule is CCCC(CNC(=O)c1ccc(OCC2CCCO2)cc1)C(=O)O. The smallest absolute Gasteiger partial charge is 0.308 e. The van der Waals surface area contributed by atoms with E-state index < -0.39 is 11.9 Å². The second-order valence-corrected chi connectivity index (χ2v) is 6.00. The number of amides is 1. The Labute approximate surface area is 142 Å². The summed E-state index contributed by atoms with van der Waals surface area (Å²) in [4.78, 5) is 23.2. The van der Waals surface area contributed by atoms with E-state index >= 15 is 0 Å². The van der Waals surface area contributed by atoms with E-state index in [9.17, 15) is 9.59 Å². The standard InChI is InChI=1S/C18H25NO5/c1-2-4-14(18(21)22)11-19-17(20)13-6-8-15(9-7-13)24-12-16-5-3-10-23-16/h6-9,14,16H,2-5,10-12H2,1H3,(H,19,20)(H,21,22). The van der Waals surface area contributed by atoms with Crippen LogP contribution in [0.2, 0.25) is 0 Å². The molecule has 2 rings (SSSR count). The number of ether oxygens (including phenoxy) is 2. The van der Waals surface area contributed by atoms with Crippen LogP contribution in [0.15, 0.2) is 24.3 Å². The average Bonchev–Trinajstić information content (AvgIpc) is 3.10. The van der Waals surface area contributed by atoms with E-state index in [0.717, 1.165) is 25.9 Å². The van der Waals surface area contributed by atoms with E-state index in [1.54, 1.807) is 24.3 Å². The number of carboxylic acids is 1. The van der Waals surface area contributed by atoms with Gasteiger partial charge in [-0.3, -0.25) is 9.59 Å². The molecule has 0 aromatic heterocycles. The molecule has 0 spiro atoms. The second kappa shape index (κ2) is 9.27. The van der Waals surface area contributed by atoms with Crippen molar-refractivity contribution in [2.45, 2.75) is 38.7 Å². The number of nitrogens with one attached hydrogen (secondary N) is 1. The summed E-state index contributed by atoms with van der Waals surface area (Å²) in [6.45, 7) is 3.37. The van der Waals surface area contributed by atoms with Gasteiger partial charge in [-0.05, 0) is 43.5 Å². The normalized spacial score (nSPS) is 18.1. The molecule has 1 aliphatic rings. The summed E-state index contributed by atoms with van der Waals surface area (Å²) in [5.74, 6) is -1.01.